The average Bonchev–Trinajstić information content (AvgIpc) is 3.01. The minimum Gasteiger partial charge on any atom is -0.382 e. The largest absolute Gasteiger partial charge is 0.382 e. The summed E-state index contributed by atoms with van der Waals surface area (Å²) in [4.78, 5) is 15.2. The summed E-state index contributed by atoms with van der Waals surface area (Å²) in [6.45, 7) is 5.10. The van der Waals surface area contributed by atoms with Crippen molar-refractivity contribution >= 4 is 11.6 Å². The third-order valence-electron chi connectivity index (χ3n) is 5.15. The van der Waals surface area contributed by atoms with Crippen molar-refractivity contribution in [3.05, 3.63) is 29.8 Å². The molecule has 1 heterocycles. The molecule has 1 saturated carbocycles. The van der Waals surface area contributed by atoms with Crippen molar-refractivity contribution in [2.24, 2.45) is 5.92 Å². The Kier molecular flexibility index (Phi) is 4.18. The molecule has 1 aliphatic carbocycles. The van der Waals surface area contributed by atoms with Crippen LogP contribution in [0.25, 0.3) is 0 Å². The van der Waals surface area contributed by atoms with Gasteiger partial charge in [0.25, 0.3) is 0 Å². The van der Waals surface area contributed by atoms with Crippen molar-refractivity contribution in [1.29, 1.82) is 0 Å². The van der Waals surface area contributed by atoms with Crippen LogP contribution in [0.15, 0.2) is 24.3 Å². The molecule has 0 radical (unpaired) electrons. The Labute approximate surface area is 127 Å². The van der Waals surface area contributed by atoms with E-state index in [-0.39, 0.29) is 12.0 Å². The molecule has 2 atom stereocenters. The van der Waals surface area contributed by atoms with Crippen LogP contribution in [0.4, 0.5) is 5.69 Å². The first-order valence-corrected chi connectivity index (χ1v) is 8.35. The highest BCUT2D eigenvalue weighted by atomic mass is 16.2. The number of amides is 1. The van der Waals surface area contributed by atoms with Crippen LogP contribution < -0.4 is 5.32 Å². The van der Waals surface area contributed by atoms with Gasteiger partial charge in [-0.05, 0) is 44.7 Å². The normalized spacial score (nSPS) is 25.2. The lowest BCUT2D eigenvalue weighted by atomic mass is 9.86. The summed E-state index contributed by atoms with van der Waals surface area (Å²) in [6, 6.07) is 9.06. The molecule has 3 nitrogen and oxygen atoms in total. The van der Waals surface area contributed by atoms with Crippen LogP contribution in [-0.4, -0.2) is 29.4 Å². The first-order chi connectivity index (χ1) is 10.2. The zero-order chi connectivity index (χ0) is 14.8. The smallest absolute Gasteiger partial charge is 0.228 e. The molecule has 0 saturated heterocycles. The van der Waals surface area contributed by atoms with Crippen LogP contribution in [0.2, 0.25) is 0 Å². The molecular weight excluding hydrogens is 260 g/mol. The van der Waals surface area contributed by atoms with Crippen molar-refractivity contribution < 1.29 is 4.79 Å². The van der Waals surface area contributed by atoms with Crippen LogP contribution in [0, 0.1) is 5.92 Å². The van der Waals surface area contributed by atoms with E-state index >= 15 is 0 Å². The van der Waals surface area contributed by atoms with E-state index in [2.05, 4.69) is 48.3 Å². The summed E-state index contributed by atoms with van der Waals surface area (Å²) >= 11 is 0. The van der Waals surface area contributed by atoms with E-state index in [4.69, 9.17) is 0 Å². The number of anilines is 1. The average molecular weight is 286 g/mol. The van der Waals surface area contributed by atoms with Crippen LogP contribution in [0.3, 0.4) is 0 Å². The summed E-state index contributed by atoms with van der Waals surface area (Å²) in [5, 5.41) is 3.51. The maximum absolute atomic E-state index is 13.0. The number of hydrogen-bond acceptors (Lipinski definition) is 2. The SMILES string of the molecule is CCN(C(=O)C1Cc2ccccc2NC1C)C1CCCC1. The molecule has 1 N–H and O–H groups in total. The lowest BCUT2D eigenvalue weighted by molar-refractivity contribution is -0.138. The molecular formula is C18H26N2O. The summed E-state index contributed by atoms with van der Waals surface area (Å²) in [6.07, 6.45) is 5.79. The second kappa shape index (κ2) is 6.08. The van der Waals surface area contributed by atoms with E-state index in [0.717, 1.165) is 13.0 Å². The zero-order valence-electron chi connectivity index (χ0n) is 13.1. The van der Waals surface area contributed by atoms with E-state index < -0.39 is 0 Å². The molecule has 1 aliphatic heterocycles. The predicted molar refractivity (Wildman–Crippen MR) is 86.4 cm³/mol. The van der Waals surface area contributed by atoms with Gasteiger partial charge in [0.1, 0.15) is 0 Å². The van der Waals surface area contributed by atoms with E-state index in [1.54, 1.807) is 0 Å². The van der Waals surface area contributed by atoms with E-state index in [1.165, 1.54) is 36.9 Å². The number of benzene rings is 1. The monoisotopic (exact) mass is 286 g/mol. The Bertz CT molecular complexity index is 508. The number of hydrogen-bond donors (Lipinski definition) is 1. The third-order valence-corrected chi connectivity index (χ3v) is 5.15. The fourth-order valence-electron chi connectivity index (χ4n) is 3.92. The lowest BCUT2D eigenvalue weighted by Gasteiger charge is -2.37. The molecule has 0 spiro atoms. The van der Waals surface area contributed by atoms with Crippen molar-refractivity contribution in [3.8, 4) is 0 Å². The highest BCUT2D eigenvalue weighted by Gasteiger charge is 2.35. The zero-order valence-corrected chi connectivity index (χ0v) is 13.1. The second-order valence-electron chi connectivity index (χ2n) is 6.46. The number of rotatable bonds is 3. The topological polar surface area (TPSA) is 32.3 Å². The molecule has 2 unspecified atom stereocenters. The maximum Gasteiger partial charge on any atom is 0.228 e. The van der Waals surface area contributed by atoms with Gasteiger partial charge in [0.05, 0.1) is 5.92 Å². The van der Waals surface area contributed by atoms with Gasteiger partial charge in [-0.25, -0.2) is 0 Å². The van der Waals surface area contributed by atoms with E-state index in [9.17, 15) is 4.79 Å². The highest BCUT2D eigenvalue weighted by molar-refractivity contribution is 5.82. The van der Waals surface area contributed by atoms with Crippen molar-refractivity contribution in [2.75, 3.05) is 11.9 Å². The molecule has 1 amide bonds. The first-order valence-electron chi connectivity index (χ1n) is 8.35. The van der Waals surface area contributed by atoms with Crippen LogP contribution in [0.1, 0.15) is 45.1 Å². The summed E-state index contributed by atoms with van der Waals surface area (Å²) in [5.41, 5.74) is 2.47. The van der Waals surface area contributed by atoms with Gasteiger partial charge < -0.3 is 10.2 Å². The molecule has 1 aromatic carbocycles. The first kappa shape index (κ1) is 14.4. The van der Waals surface area contributed by atoms with Gasteiger partial charge in [-0.2, -0.15) is 0 Å². The Balaban J connectivity index is 1.77. The van der Waals surface area contributed by atoms with Gasteiger partial charge in [0.2, 0.25) is 5.91 Å². The Morgan fingerprint density at radius 2 is 2.00 bits per heavy atom. The van der Waals surface area contributed by atoms with Gasteiger partial charge in [0, 0.05) is 24.3 Å². The number of carbonyl (C=O) groups is 1. The number of fused-ring (bicyclic) bond motifs is 1. The predicted octanol–water partition coefficient (Wildman–Crippen LogP) is 3.45. The minimum atomic E-state index is 0.0699. The Morgan fingerprint density at radius 3 is 2.71 bits per heavy atom. The van der Waals surface area contributed by atoms with E-state index in [1.807, 2.05) is 0 Å². The van der Waals surface area contributed by atoms with E-state index in [0.29, 0.717) is 11.9 Å². The molecule has 1 aromatic rings. The third kappa shape index (κ3) is 2.78. The number of para-hydroxylation sites is 1. The number of carbonyl (C=O) groups excluding carboxylic acids is 1. The quantitative estimate of drug-likeness (QED) is 0.923. The highest BCUT2D eigenvalue weighted by Crippen LogP contribution is 2.31. The summed E-state index contributed by atoms with van der Waals surface area (Å²) in [5.74, 6) is 0.416. The fraction of sp³-hybridized carbons (Fsp3) is 0.611. The van der Waals surface area contributed by atoms with Crippen LogP contribution >= 0.6 is 0 Å². The molecule has 0 aromatic heterocycles. The Hall–Kier alpha value is -1.51. The number of nitrogens with one attached hydrogen (secondary N) is 1. The van der Waals surface area contributed by atoms with Gasteiger partial charge in [0.15, 0.2) is 0 Å². The van der Waals surface area contributed by atoms with Gasteiger partial charge in [-0.1, -0.05) is 31.0 Å². The molecule has 2 aliphatic rings. The summed E-state index contributed by atoms with van der Waals surface area (Å²) in [7, 11) is 0. The van der Waals surface area contributed by atoms with Crippen molar-refractivity contribution in [3.63, 3.8) is 0 Å². The number of nitrogens with zero attached hydrogens (tertiary/aromatic N) is 1. The molecule has 3 heteroatoms. The van der Waals surface area contributed by atoms with Crippen LogP contribution in [-0.2, 0) is 11.2 Å². The van der Waals surface area contributed by atoms with Gasteiger partial charge in [-0.3, -0.25) is 4.79 Å². The Morgan fingerprint density at radius 1 is 1.29 bits per heavy atom. The molecule has 1 fully saturated rings. The summed E-state index contributed by atoms with van der Waals surface area (Å²) < 4.78 is 0. The van der Waals surface area contributed by atoms with Crippen molar-refractivity contribution in [1.82, 2.24) is 4.90 Å². The van der Waals surface area contributed by atoms with Crippen LogP contribution in [0.5, 0.6) is 0 Å². The fourth-order valence-corrected chi connectivity index (χ4v) is 3.92. The minimum absolute atomic E-state index is 0.0699. The maximum atomic E-state index is 13.0. The van der Waals surface area contributed by atoms with Crippen molar-refractivity contribution in [2.45, 2.75) is 58.0 Å². The molecule has 3 rings (SSSR count). The second-order valence-corrected chi connectivity index (χ2v) is 6.46. The van der Waals surface area contributed by atoms with Gasteiger partial charge >= 0.3 is 0 Å². The van der Waals surface area contributed by atoms with Gasteiger partial charge in [-0.15, -0.1) is 0 Å². The molecule has 114 valence electrons. The molecule has 21 heavy (non-hydrogen) atoms. The lowest BCUT2D eigenvalue weighted by Crippen LogP contribution is -2.48. The standard InChI is InChI=1S/C18H26N2O/c1-3-20(15-9-5-6-10-15)18(21)16-12-14-8-4-7-11-17(14)19-13(16)2/h4,7-8,11,13,15-16,19H,3,5-6,9-10,12H2,1-2H3. The molecule has 0 bridgehead atoms.